The third kappa shape index (κ3) is 45.9. The van der Waals surface area contributed by atoms with E-state index in [4.69, 9.17) is 11.5 Å². The van der Waals surface area contributed by atoms with Crippen LogP contribution in [0, 0.1) is 17.8 Å². The SMILES string of the molecule is CC[C@H](C)[C@H](NC(=O)[C@@H]1CCCN1C(=O)[C@@H](NC(=O)[C@@H]([NH3+])CO)C(C)C)C(=O)N[C@@H](CCC(N)=O)C(=O)N[C@@H](CS)C(=O)N[C@H](C(=O)N[C@@H](CC(=O)O)C(=O)N[C@@H](CCCC[NH3+])C(=O)N[C@H](C(=O)N[C@@H](CC(=O)O)C(=O)N[C@@H](CCCC[NH3+])C(=O)N[C@@H](CCC(N)=O)C(=O)N[C@@H](CCC(=O)O)C(=O)N[C@@H](C)C(=O)N[C@@H](CC(C)C)C(=O)N[C@@H](Cc1ccccc1)C(=O)N[C@@H](CCCC[NH3+])C(=O)O)[C@@H](C)O)[C@@H](C)O. The van der Waals surface area contributed by atoms with Crippen molar-refractivity contribution in [3.05, 3.63) is 35.9 Å². The molecule has 53 nitrogen and oxygen atoms in total. The number of unbranched alkanes of at least 4 members (excludes halogenated alkanes) is 3. The Morgan fingerprint density at radius 1 is 0.406 bits per heavy atom. The summed E-state index contributed by atoms with van der Waals surface area (Å²) in [5.74, 6) is -29.5. The van der Waals surface area contributed by atoms with Gasteiger partial charge in [0.25, 0.3) is 5.91 Å². The number of aliphatic hydroxyl groups excluding tert-OH is 3. The molecule has 1 saturated heterocycles. The number of likely N-dealkylation sites (tertiary alicyclic amines) is 1. The van der Waals surface area contributed by atoms with E-state index in [1.807, 2.05) is 0 Å². The standard InChI is InChI=1S/C89H147N23O30S/c1-10-45(6)69(109-84(136)62-26-20-36-112(62)88(140)68(44(4)5)108-73(125)50(93)41-113)85(137)101-54(28-31-64(95)117)77(129)107-61(42-143)83(135)111-71(48(9)115)87(139)106-60(40-67(122)123)82(134)98-52(24-15-18-34-91)78(130)110-70(47(8)114)86(138)105-59(39-66(120)121)81(133)97-51(23-14-17-33-90)75(127)99-53(27-30-63(94)116)76(128)100-55(29-32-65(118)119)74(126)96-46(7)72(124)103-57(37-43(2)3)79(131)104-58(38-49-21-12-11-13-22-49)80(132)102-56(89(141)142)25-16-19-35-92/h11-13,21-22,43-48,50-62,68-71,113-115,143H,10,14-20,23-42,90-93H2,1-9H3,(H2,94,116)(H2,95,117)(H,96,126)(H,97,133)(H,98,134)(H,99,127)(H,100,128)(H,101,137)(H,102,132)(H,103,124)(H,104,131)(H,105,138)(H,106,139)(H,107,129)(H,108,125)(H,109,136)(H,110,130)(H,111,135)(H,118,119)(H,120,121)(H,122,123)(H,141,142)/p+4/t45-,46-,47+,48+,50-,51-,52-,53-,54-,55-,56-,57-,58-,59-,60-,61-,62-,68-,69-,70-,71-/m0/s1. The minimum atomic E-state index is -2.22. The first-order valence-electron chi connectivity index (χ1n) is 47.7. The Bertz CT molecular complexity index is 4480. The fraction of sp³-hybridized carbons (Fsp3) is 0.674. The molecule has 19 amide bonds. The number of carboxylic acids is 4. The molecule has 2 rings (SSSR count). The molecule has 0 unspecified atom stereocenters. The zero-order valence-electron chi connectivity index (χ0n) is 82.4. The Kier molecular flexibility index (Phi) is 57.6. The number of rotatable bonds is 70. The molecule has 54 heteroatoms. The summed E-state index contributed by atoms with van der Waals surface area (Å²) < 4.78 is 0. The number of carboxylic acid groups (broad SMARTS) is 4. The van der Waals surface area contributed by atoms with Crippen LogP contribution in [0.15, 0.2) is 30.3 Å². The summed E-state index contributed by atoms with van der Waals surface area (Å²) in [6.07, 6.45) is -8.86. The van der Waals surface area contributed by atoms with Gasteiger partial charge in [-0.3, -0.25) is 105 Å². The summed E-state index contributed by atoms with van der Waals surface area (Å²) in [4.78, 5) is 316. The molecule has 143 heavy (non-hydrogen) atoms. The van der Waals surface area contributed by atoms with Gasteiger partial charge >= 0.3 is 23.9 Å². The third-order valence-electron chi connectivity index (χ3n) is 23.2. The van der Waals surface area contributed by atoms with E-state index in [-0.39, 0.29) is 96.2 Å². The minimum Gasteiger partial charge on any atom is -0.481 e. The molecule has 0 bridgehead atoms. The van der Waals surface area contributed by atoms with Gasteiger partial charge in [-0.2, -0.15) is 12.6 Å². The number of benzene rings is 1. The van der Waals surface area contributed by atoms with Gasteiger partial charge in [-0.15, -0.1) is 0 Å². The van der Waals surface area contributed by atoms with Gasteiger partial charge < -0.3 is 160 Å². The predicted octanol–water partition coefficient (Wildman–Crippen LogP) is -12.3. The van der Waals surface area contributed by atoms with Gasteiger partial charge in [0.1, 0.15) is 109 Å². The van der Waals surface area contributed by atoms with Crippen molar-refractivity contribution in [1.29, 1.82) is 0 Å². The number of aliphatic carboxylic acids is 4. The number of amides is 19. The van der Waals surface area contributed by atoms with E-state index in [9.17, 15) is 146 Å². The average molecular weight is 2060 g/mol. The zero-order chi connectivity index (χ0) is 108. The van der Waals surface area contributed by atoms with Gasteiger partial charge in [-0.05, 0) is 140 Å². The van der Waals surface area contributed by atoms with Gasteiger partial charge in [0.15, 0.2) is 6.04 Å². The summed E-state index contributed by atoms with van der Waals surface area (Å²) in [6.45, 7) is 13.6. The zero-order valence-corrected chi connectivity index (χ0v) is 83.3. The highest BCUT2D eigenvalue weighted by Crippen LogP contribution is 2.23. The number of primary amides is 2. The van der Waals surface area contributed by atoms with E-state index in [0.29, 0.717) is 31.4 Å². The molecular formula is C89H151N23O30S+4. The Balaban J connectivity index is 2.50. The van der Waals surface area contributed by atoms with Gasteiger partial charge in [-0.1, -0.05) is 78.3 Å². The molecule has 1 heterocycles. The molecule has 0 aliphatic carbocycles. The van der Waals surface area contributed by atoms with E-state index in [0.717, 1.165) is 13.8 Å². The van der Waals surface area contributed by atoms with Crippen LogP contribution in [0.25, 0.3) is 0 Å². The second kappa shape index (κ2) is 65.3. The monoisotopic (exact) mass is 2050 g/mol. The van der Waals surface area contributed by atoms with E-state index in [2.05, 4.69) is 121 Å². The molecule has 1 aliphatic heterocycles. The maximum absolute atomic E-state index is 14.5. The van der Waals surface area contributed by atoms with Crippen molar-refractivity contribution in [3.8, 4) is 0 Å². The topological polar surface area (TPSA) is 893 Å². The molecule has 804 valence electrons. The van der Waals surface area contributed by atoms with Crippen LogP contribution in [0.4, 0.5) is 0 Å². The molecule has 1 fully saturated rings. The summed E-state index contributed by atoms with van der Waals surface area (Å²) >= 11 is 4.18. The van der Waals surface area contributed by atoms with Crippen molar-refractivity contribution >= 4 is 149 Å². The first-order chi connectivity index (χ1) is 67.2. The lowest BCUT2D eigenvalue weighted by molar-refractivity contribution is -0.409. The van der Waals surface area contributed by atoms with Crippen molar-refractivity contribution in [2.24, 2.45) is 29.2 Å². The average Bonchev–Trinajstić information content (AvgIpc) is 1.68. The van der Waals surface area contributed by atoms with Crippen molar-refractivity contribution in [2.45, 2.75) is 325 Å². The molecule has 0 spiro atoms. The summed E-state index contributed by atoms with van der Waals surface area (Å²) in [5, 5.41) is 109. The molecule has 39 N–H and O–H groups in total. The highest BCUT2D eigenvalue weighted by Gasteiger charge is 2.45. The maximum atomic E-state index is 14.5. The third-order valence-corrected chi connectivity index (χ3v) is 23.6. The highest BCUT2D eigenvalue weighted by atomic mass is 32.1. The first-order valence-corrected chi connectivity index (χ1v) is 48.3. The lowest BCUT2D eigenvalue weighted by Crippen LogP contribution is -2.71. The maximum Gasteiger partial charge on any atom is 0.326 e. The summed E-state index contributed by atoms with van der Waals surface area (Å²) in [7, 11) is 0. The largest absolute Gasteiger partial charge is 0.481 e. The second-order valence-electron chi connectivity index (χ2n) is 36.1. The van der Waals surface area contributed by atoms with Crippen LogP contribution in [0.1, 0.15) is 203 Å². The quantitative estimate of drug-likeness (QED) is 0.0213. The second-order valence-corrected chi connectivity index (χ2v) is 36.4. The fourth-order valence-electron chi connectivity index (χ4n) is 14.7. The van der Waals surface area contributed by atoms with Crippen LogP contribution in [-0.2, 0) is 117 Å². The Hall–Kier alpha value is -12.9. The number of thiol groups is 1. The van der Waals surface area contributed by atoms with Crippen molar-refractivity contribution in [2.75, 3.05) is 38.5 Å². The van der Waals surface area contributed by atoms with E-state index >= 15 is 0 Å². The van der Waals surface area contributed by atoms with Crippen molar-refractivity contribution in [1.82, 2.24) is 90.0 Å². The van der Waals surface area contributed by atoms with Gasteiger partial charge in [0, 0.05) is 38.0 Å². The molecule has 1 aromatic carbocycles. The molecule has 0 radical (unpaired) electrons. The number of aliphatic hydroxyl groups is 3. The van der Waals surface area contributed by atoms with Crippen LogP contribution < -0.4 is 119 Å². The van der Waals surface area contributed by atoms with Crippen molar-refractivity contribution < 1.29 is 169 Å². The van der Waals surface area contributed by atoms with Crippen LogP contribution in [0.2, 0.25) is 0 Å². The molecule has 0 aromatic heterocycles. The fourth-order valence-corrected chi connectivity index (χ4v) is 15.0. The minimum absolute atomic E-state index is 0.0405. The number of carbonyl (C=O) groups is 23. The lowest BCUT2D eigenvalue weighted by atomic mass is 9.96. The normalized spacial score (nSPS) is 16.5. The summed E-state index contributed by atoms with van der Waals surface area (Å²) in [5.41, 5.74) is 26.3. The first kappa shape index (κ1) is 126. The number of hydrogen-bond acceptors (Lipinski definition) is 27. The highest BCUT2D eigenvalue weighted by molar-refractivity contribution is 7.80. The number of nitrogens with zero attached hydrogens (tertiary/aromatic N) is 1. The Morgan fingerprint density at radius 3 is 1.16 bits per heavy atom. The molecule has 21 atom stereocenters. The van der Waals surface area contributed by atoms with E-state index < -0.39 is 333 Å². The molecule has 1 aliphatic rings. The summed E-state index contributed by atoms with van der Waals surface area (Å²) in [6, 6.07) is -21.8. The van der Waals surface area contributed by atoms with Crippen molar-refractivity contribution in [3.63, 3.8) is 0 Å². The van der Waals surface area contributed by atoms with E-state index in [1.54, 1.807) is 71.9 Å². The Morgan fingerprint density at radius 2 is 0.762 bits per heavy atom. The predicted molar refractivity (Wildman–Crippen MR) is 507 cm³/mol. The van der Waals surface area contributed by atoms with Gasteiger partial charge in [0.05, 0.1) is 44.7 Å². The lowest BCUT2D eigenvalue weighted by Gasteiger charge is -2.32. The van der Waals surface area contributed by atoms with Gasteiger partial charge in [-0.25, -0.2) is 4.79 Å². The Labute approximate surface area is 832 Å². The van der Waals surface area contributed by atoms with Gasteiger partial charge in [0.2, 0.25) is 106 Å². The number of quaternary nitrogens is 4. The molecule has 0 saturated carbocycles. The van der Waals surface area contributed by atoms with Crippen LogP contribution in [0.5, 0.6) is 0 Å². The van der Waals surface area contributed by atoms with E-state index in [1.165, 1.54) is 11.8 Å². The number of hydrogen-bond donors (Lipinski definition) is 30. The number of carbonyl (C=O) groups excluding carboxylic acids is 19. The smallest absolute Gasteiger partial charge is 0.326 e. The number of nitrogens with two attached hydrogens (primary N) is 2. The molecular weight excluding hydrogens is 1900 g/mol. The van der Waals surface area contributed by atoms with Crippen LogP contribution in [0.3, 0.4) is 0 Å². The van der Waals surface area contributed by atoms with Crippen LogP contribution in [-0.4, -0.2) is 336 Å². The molecule has 1 aromatic rings. The van der Waals surface area contributed by atoms with Crippen LogP contribution >= 0.6 is 12.6 Å². The number of nitrogens with one attached hydrogen (secondary N) is 16.